The molecule has 1 amide bonds. The van der Waals surface area contributed by atoms with Crippen molar-refractivity contribution >= 4 is 18.3 Å². The molecule has 1 aromatic carbocycles. The van der Waals surface area contributed by atoms with Crippen LogP contribution in [0.15, 0.2) is 41.2 Å². The molecule has 1 saturated heterocycles. The molecule has 0 radical (unpaired) electrons. The van der Waals surface area contributed by atoms with Crippen LogP contribution in [0.1, 0.15) is 36.9 Å². The van der Waals surface area contributed by atoms with Gasteiger partial charge in [-0.1, -0.05) is 18.2 Å². The third-order valence-electron chi connectivity index (χ3n) is 6.91. The minimum absolute atomic E-state index is 0.0277. The number of piperidine rings is 1. The minimum atomic E-state index is -0.0476. The number of fused-ring (bicyclic) bond motifs is 2. The first-order valence-corrected chi connectivity index (χ1v) is 12.1. The number of nitrogens with zero attached hydrogens (tertiary/aromatic N) is 3. The van der Waals surface area contributed by atoms with Crippen molar-refractivity contribution in [3.05, 3.63) is 57.9 Å². The summed E-state index contributed by atoms with van der Waals surface area (Å²) in [5, 5.41) is 3.68. The fourth-order valence-corrected chi connectivity index (χ4v) is 5.23. The van der Waals surface area contributed by atoms with E-state index in [0.29, 0.717) is 31.6 Å². The van der Waals surface area contributed by atoms with Crippen LogP contribution in [0.4, 0.5) is 5.82 Å². The maximum Gasteiger partial charge on any atom is 0.252 e. The summed E-state index contributed by atoms with van der Waals surface area (Å²) < 4.78 is 13.1. The number of aromatic nitrogens is 1. The van der Waals surface area contributed by atoms with Crippen molar-refractivity contribution < 1.29 is 14.3 Å². The van der Waals surface area contributed by atoms with Crippen LogP contribution in [0.3, 0.4) is 0 Å². The highest BCUT2D eigenvalue weighted by atomic mass is 16.6. The lowest BCUT2D eigenvalue weighted by Gasteiger charge is -2.34. The second-order valence-electron chi connectivity index (χ2n) is 9.17. The Morgan fingerprint density at radius 2 is 1.88 bits per heavy atom. The van der Waals surface area contributed by atoms with Crippen molar-refractivity contribution in [2.45, 2.75) is 38.4 Å². The normalized spacial score (nSPS) is 20.6. The fraction of sp³-hybridized carbons (Fsp3) is 0.462. The van der Waals surface area contributed by atoms with Crippen molar-refractivity contribution in [3.8, 4) is 11.5 Å². The number of anilines is 1. The second kappa shape index (κ2) is 10.0. The summed E-state index contributed by atoms with van der Waals surface area (Å²) in [6, 6.07) is 9.97. The summed E-state index contributed by atoms with van der Waals surface area (Å²) in [5.41, 5.74) is 2.05. The molecule has 4 heterocycles. The molecule has 3 aliphatic rings. The molecule has 0 saturated carbocycles. The lowest BCUT2D eigenvalue weighted by molar-refractivity contribution is -0.107. The number of pyridine rings is 1. The first-order chi connectivity index (χ1) is 16.7. The highest BCUT2D eigenvalue weighted by Crippen LogP contribution is 2.32. The van der Waals surface area contributed by atoms with Gasteiger partial charge in [0.25, 0.3) is 5.56 Å². The molecule has 180 valence electrons. The van der Waals surface area contributed by atoms with Gasteiger partial charge in [-0.3, -0.25) is 19.1 Å². The van der Waals surface area contributed by atoms with Crippen LogP contribution in [0.25, 0.3) is 6.08 Å². The van der Waals surface area contributed by atoms with Gasteiger partial charge in [0.05, 0.1) is 6.04 Å². The summed E-state index contributed by atoms with van der Waals surface area (Å²) in [6.07, 6.45) is 6.82. The maximum absolute atomic E-state index is 12.7. The Hall–Kier alpha value is -3.10. The first-order valence-electron chi connectivity index (χ1n) is 12.1. The molecular weight excluding hydrogens is 432 g/mol. The lowest BCUT2D eigenvalue weighted by atomic mass is 10.0. The molecule has 0 spiro atoms. The number of benzene rings is 1. The van der Waals surface area contributed by atoms with E-state index in [2.05, 4.69) is 22.3 Å². The third kappa shape index (κ3) is 4.60. The molecule has 0 bridgehead atoms. The summed E-state index contributed by atoms with van der Waals surface area (Å²) in [4.78, 5) is 28.5. The zero-order chi connectivity index (χ0) is 23.5. The molecule has 1 N–H and O–H groups in total. The zero-order valence-electron chi connectivity index (χ0n) is 19.6. The second-order valence-corrected chi connectivity index (χ2v) is 9.17. The lowest BCUT2D eigenvalue weighted by Crippen LogP contribution is -2.44. The van der Waals surface area contributed by atoms with E-state index in [1.165, 1.54) is 5.56 Å². The number of ether oxygens (including phenoxy) is 2. The minimum Gasteiger partial charge on any atom is -0.486 e. The predicted octanol–water partition coefficient (Wildman–Crippen LogP) is 2.42. The van der Waals surface area contributed by atoms with Crippen molar-refractivity contribution in [2.75, 3.05) is 44.3 Å². The van der Waals surface area contributed by atoms with Crippen molar-refractivity contribution in [1.29, 1.82) is 0 Å². The van der Waals surface area contributed by atoms with E-state index < -0.39 is 0 Å². The number of hydrogen-bond donors (Lipinski definition) is 1. The van der Waals surface area contributed by atoms with Gasteiger partial charge in [0, 0.05) is 37.3 Å². The van der Waals surface area contributed by atoms with Gasteiger partial charge in [-0.25, -0.2) is 0 Å². The highest BCUT2D eigenvalue weighted by Gasteiger charge is 2.33. The van der Waals surface area contributed by atoms with Crippen LogP contribution in [-0.2, 0) is 11.3 Å². The van der Waals surface area contributed by atoms with E-state index in [1.54, 1.807) is 21.6 Å². The average molecular weight is 465 g/mol. The molecule has 5 rings (SSSR count). The van der Waals surface area contributed by atoms with E-state index >= 15 is 0 Å². The number of rotatable bonds is 7. The summed E-state index contributed by atoms with van der Waals surface area (Å²) >= 11 is 0. The van der Waals surface area contributed by atoms with Crippen LogP contribution in [0.2, 0.25) is 0 Å². The molecule has 0 unspecified atom stereocenters. The van der Waals surface area contributed by atoms with E-state index in [-0.39, 0.29) is 11.6 Å². The molecule has 2 aromatic rings. The molecule has 34 heavy (non-hydrogen) atoms. The Balaban J connectivity index is 1.17. The monoisotopic (exact) mass is 464 g/mol. The van der Waals surface area contributed by atoms with Gasteiger partial charge >= 0.3 is 0 Å². The Kier molecular flexibility index (Phi) is 6.69. The quantitative estimate of drug-likeness (QED) is 0.635. The molecule has 3 aliphatic heterocycles. The molecule has 8 heteroatoms. The number of likely N-dealkylation sites (tertiary alicyclic amines) is 1. The number of allylic oxidation sites excluding steroid dienone is 1. The highest BCUT2D eigenvalue weighted by molar-refractivity contribution is 5.80. The Morgan fingerprint density at radius 3 is 2.65 bits per heavy atom. The first kappa shape index (κ1) is 22.7. The van der Waals surface area contributed by atoms with Crippen molar-refractivity contribution in [2.24, 2.45) is 0 Å². The van der Waals surface area contributed by atoms with Crippen LogP contribution < -0.4 is 25.2 Å². The van der Waals surface area contributed by atoms with Crippen LogP contribution >= 0.6 is 0 Å². The van der Waals surface area contributed by atoms with Crippen molar-refractivity contribution in [3.63, 3.8) is 0 Å². The average Bonchev–Trinajstić information content (AvgIpc) is 3.24. The SMILES string of the molecule is C/C=C\c1ccc(=O)n2c1N(C=O)C[C@H]2CN1CCC(NCc2ccc3c(c2)OCCO3)CC1. The van der Waals surface area contributed by atoms with Gasteiger partial charge in [0.2, 0.25) is 6.41 Å². The smallest absolute Gasteiger partial charge is 0.252 e. The van der Waals surface area contributed by atoms with Crippen LogP contribution in [0.5, 0.6) is 11.5 Å². The van der Waals surface area contributed by atoms with Crippen LogP contribution in [0, 0.1) is 0 Å². The van der Waals surface area contributed by atoms with Gasteiger partial charge in [0.1, 0.15) is 19.0 Å². The summed E-state index contributed by atoms with van der Waals surface area (Å²) in [6.45, 7) is 7.18. The third-order valence-corrected chi connectivity index (χ3v) is 6.91. The van der Waals surface area contributed by atoms with Crippen LogP contribution in [-0.4, -0.2) is 61.3 Å². The molecule has 0 aliphatic carbocycles. The number of carbonyl (C=O) groups excluding carboxylic acids is 1. The van der Waals surface area contributed by atoms with Crippen molar-refractivity contribution in [1.82, 2.24) is 14.8 Å². The predicted molar refractivity (Wildman–Crippen MR) is 132 cm³/mol. The molecular formula is C26H32N4O4. The topological polar surface area (TPSA) is 76.0 Å². The van der Waals surface area contributed by atoms with E-state index in [1.807, 2.05) is 25.1 Å². The van der Waals surface area contributed by atoms with Gasteiger partial charge in [-0.2, -0.15) is 0 Å². The van der Waals surface area contributed by atoms with E-state index in [4.69, 9.17) is 9.47 Å². The zero-order valence-corrected chi connectivity index (χ0v) is 19.6. The van der Waals surface area contributed by atoms with Gasteiger partial charge < -0.3 is 19.7 Å². The molecule has 1 atom stereocenters. The Bertz CT molecular complexity index is 1120. The molecule has 1 aromatic heterocycles. The maximum atomic E-state index is 12.7. The largest absolute Gasteiger partial charge is 0.486 e. The number of amides is 1. The standard InChI is InChI=1S/C26H32N4O4/c1-2-3-20-5-7-25(32)30-22(17-29(18-31)26(20)30)16-28-10-8-21(9-11-28)27-15-19-4-6-23-24(14-19)34-13-12-33-23/h2-7,14,18,21-22,27H,8-13,15-17H2,1H3/b3-2-/t22-/m1/s1. The number of hydrogen-bond acceptors (Lipinski definition) is 6. The summed E-state index contributed by atoms with van der Waals surface area (Å²) in [7, 11) is 0. The molecule has 8 nitrogen and oxygen atoms in total. The van der Waals surface area contributed by atoms with Gasteiger partial charge in [0.15, 0.2) is 11.5 Å². The fourth-order valence-electron chi connectivity index (χ4n) is 5.23. The number of nitrogens with one attached hydrogen (secondary N) is 1. The van der Waals surface area contributed by atoms with E-state index in [0.717, 1.165) is 62.5 Å². The van der Waals surface area contributed by atoms with Gasteiger partial charge in [-0.15, -0.1) is 0 Å². The summed E-state index contributed by atoms with van der Waals surface area (Å²) in [5.74, 6) is 2.36. The Labute approximate surface area is 199 Å². The van der Waals surface area contributed by atoms with Gasteiger partial charge in [-0.05, 0) is 56.6 Å². The molecule has 1 fully saturated rings. The number of carbonyl (C=O) groups is 1. The van der Waals surface area contributed by atoms with E-state index in [9.17, 15) is 9.59 Å². The Morgan fingerprint density at radius 1 is 1.09 bits per heavy atom.